The van der Waals surface area contributed by atoms with Crippen LogP contribution in [0.2, 0.25) is 0 Å². The molecule has 1 aliphatic rings. The molecule has 37 heavy (non-hydrogen) atoms. The van der Waals surface area contributed by atoms with Gasteiger partial charge in [0.15, 0.2) is 5.82 Å². The van der Waals surface area contributed by atoms with Gasteiger partial charge in [-0.2, -0.15) is 18.3 Å². The monoisotopic (exact) mass is 507 g/mol. The number of H-pyrrole nitrogens is 1. The van der Waals surface area contributed by atoms with E-state index in [-0.39, 0.29) is 17.4 Å². The minimum Gasteiger partial charge on any atom is -0.364 e. The number of rotatable bonds is 5. The van der Waals surface area contributed by atoms with Crippen LogP contribution in [0.3, 0.4) is 0 Å². The van der Waals surface area contributed by atoms with Gasteiger partial charge in [0.05, 0.1) is 11.1 Å². The van der Waals surface area contributed by atoms with Gasteiger partial charge in [-0.25, -0.2) is 0 Å². The van der Waals surface area contributed by atoms with E-state index < -0.39 is 11.7 Å². The number of anilines is 1. The molecular weight excluding hydrogens is 483 g/mol. The highest BCUT2D eigenvalue weighted by atomic mass is 19.4. The lowest BCUT2D eigenvalue weighted by Gasteiger charge is -2.35. The van der Waals surface area contributed by atoms with Crippen LogP contribution in [0.1, 0.15) is 31.8 Å². The van der Waals surface area contributed by atoms with Crippen LogP contribution in [0, 0.1) is 0 Å². The third-order valence-corrected chi connectivity index (χ3v) is 6.44. The summed E-state index contributed by atoms with van der Waals surface area (Å²) in [5.74, 6) is 0.293. The molecule has 0 spiro atoms. The number of nitrogens with one attached hydrogen (secondary N) is 2. The minimum atomic E-state index is -4.45. The number of piperazine rings is 1. The molecule has 1 aliphatic heterocycles. The molecule has 190 valence electrons. The number of carbonyl (C=O) groups is 2. The van der Waals surface area contributed by atoms with Gasteiger partial charge >= 0.3 is 6.18 Å². The normalized spacial score (nSPS) is 14.1. The predicted octanol–water partition coefficient (Wildman–Crippen LogP) is 4.79. The van der Waals surface area contributed by atoms with Crippen molar-refractivity contribution in [2.24, 2.45) is 0 Å². The van der Waals surface area contributed by atoms with Crippen molar-refractivity contribution < 1.29 is 22.8 Å². The summed E-state index contributed by atoms with van der Waals surface area (Å²) in [6, 6.07) is 19.4. The molecule has 5 rings (SSSR count). The molecule has 1 saturated heterocycles. The van der Waals surface area contributed by atoms with Crippen LogP contribution >= 0.6 is 0 Å². The number of halogens is 3. The van der Waals surface area contributed by atoms with Crippen LogP contribution in [0.15, 0.2) is 72.8 Å². The van der Waals surface area contributed by atoms with Crippen molar-refractivity contribution in [1.29, 1.82) is 0 Å². The van der Waals surface area contributed by atoms with Gasteiger partial charge in [0.1, 0.15) is 0 Å². The molecule has 10 heteroatoms. The van der Waals surface area contributed by atoms with Gasteiger partial charge in [-0.05, 0) is 54.1 Å². The zero-order valence-electron chi connectivity index (χ0n) is 19.8. The average Bonchev–Trinajstić information content (AvgIpc) is 3.34. The molecule has 1 fully saturated rings. The standard InChI is InChI=1S/C27H24F3N5O2/c28-27(29,30)21-11-9-20(10-12-21)26(37)35-15-13-34(14-16-35)25(36)19-7-5-18(6-8-19)17-31-24-22-3-1-2-4-23(22)32-33-24/h1-12H,13-17H2,(H2,31,32,33). The largest absolute Gasteiger partial charge is 0.416 e. The Morgan fingerprint density at radius 3 is 1.92 bits per heavy atom. The minimum absolute atomic E-state index is 0.126. The summed E-state index contributed by atoms with van der Waals surface area (Å²) in [6.07, 6.45) is -4.45. The highest BCUT2D eigenvalue weighted by Gasteiger charge is 2.31. The molecule has 4 aromatic rings. The third kappa shape index (κ3) is 5.28. The smallest absolute Gasteiger partial charge is 0.364 e. The van der Waals surface area contributed by atoms with Gasteiger partial charge in [0.25, 0.3) is 11.8 Å². The number of aromatic nitrogens is 2. The number of amides is 2. The van der Waals surface area contributed by atoms with Crippen molar-refractivity contribution in [3.63, 3.8) is 0 Å². The first kappa shape index (κ1) is 24.4. The number of hydrogen-bond acceptors (Lipinski definition) is 4. The van der Waals surface area contributed by atoms with E-state index in [2.05, 4.69) is 15.5 Å². The van der Waals surface area contributed by atoms with Crippen molar-refractivity contribution in [2.45, 2.75) is 12.7 Å². The summed E-state index contributed by atoms with van der Waals surface area (Å²) in [4.78, 5) is 28.9. The fraction of sp³-hybridized carbons (Fsp3) is 0.222. The van der Waals surface area contributed by atoms with E-state index in [9.17, 15) is 22.8 Å². The first-order valence-electron chi connectivity index (χ1n) is 11.8. The van der Waals surface area contributed by atoms with Crippen molar-refractivity contribution in [2.75, 3.05) is 31.5 Å². The van der Waals surface area contributed by atoms with Crippen molar-refractivity contribution >= 4 is 28.5 Å². The Bertz CT molecular complexity index is 1410. The second-order valence-corrected chi connectivity index (χ2v) is 8.83. The quantitative estimate of drug-likeness (QED) is 0.407. The fourth-order valence-corrected chi connectivity index (χ4v) is 4.33. The topological polar surface area (TPSA) is 81.3 Å². The van der Waals surface area contributed by atoms with E-state index in [1.54, 1.807) is 21.9 Å². The Balaban J connectivity index is 1.14. The fourth-order valence-electron chi connectivity index (χ4n) is 4.33. The number of alkyl halides is 3. The Labute approximate surface area is 210 Å². The number of fused-ring (bicyclic) bond motifs is 1. The summed E-state index contributed by atoms with van der Waals surface area (Å²) in [6.45, 7) is 1.87. The summed E-state index contributed by atoms with van der Waals surface area (Å²) in [7, 11) is 0. The molecule has 7 nitrogen and oxygen atoms in total. The first-order chi connectivity index (χ1) is 17.8. The molecule has 0 aliphatic carbocycles. The van der Waals surface area contributed by atoms with E-state index in [0.717, 1.165) is 34.4 Å². The van der Waals surface area contributed by atoms with Crippen molar-refractivity contribution in [3.8, 4) is 0 Å². The Hall–Kier alpha value is -4.34. The Morgan fingerprint density at radius 2 is 1.35 bits per heavy atom. The van der Waals surface area contributed by atoms with Gasteiger partial charge < -0.3 is 15.1 Å². The maximum Gasteiger partial charge on any atom is 0.416 e. The number of para-hydroxylation sites is 1. The molecule has 1 aromatic heterocycles. The van der Waals surface area contributed by atoms with E-state index >= 15 is 0 Å². The van der Waals surface area contributed by atoms with Crippen molar-refractivity contribution in [1.82, 2.24) is 20.0 Å². The Kier molecular flexibility index (Phi) is 6.56. The van der Waals surface area contributed by atoms with Crippen LogP contribution < -0.4 is 5.32 Å². The first-order valence-corrected chi connectivity index (χ1v) is 11.8. The highest BCUT2D eigenvalue weighted by molar-refractivity contribution is 5.96. The summed E-state index contributed by atoms with van der Waals surface area (Å²) < 4.78 is 38.3. The van der Waals surface area contributed by atoms with Gasteiger partial charge in [0.2, 0.25) is 0 Å². The van der Waals surface area contributed by atoms with Crippen LogP contribution in [-0.4, -0.2) is 58.0 Å². The summed E-state index contributed by atoms with van der Waals surface area (Å²) in [5.41, 5.74) is 1.90. The molecule has 3 aromatic carbocycles. The van der Waals surface area contributed by atoms with Crippen molar-refractivity contribution in [3.05, 3.63) is 95.1 Å². The van der Waals surface area contributed by atoms with Crippen LogP contribution in [-0.2, 0) is 12.7 Å². The zero-order chi connectivity index (χ0) is 26.0. The number of hydrogen-bond donors (Lipinski definition) is 2. The van der Waals surface area contributed by atoms with Gasteiger partial charge in [-0.1, -0.05) is 24.3 Å². The molecule has 2 N–H and O–H groups in total. The number of carbonyl (C=O) groups excluding carboxylic acids is 2. The molecule has 0 saturated carbocycles. The molecular formula is C27H24F3N5O2. The highest BCUT2D eigenvalue weighted by Crippen LogP contribution is 2.29. The Morgan fingerprint density at radius 1 is 0.811 bits per heavy atom. The van der Waals surface area contributed by atoms with E-state index in [1.165, 1.54) is 12.1 Å². The molecule has 0 radical (unpaired) electrons. The average molecular weight is 508 g/mol. The van der Waals surface area contributed by atoms with E-state index in [4.69, 9.17) is 0 Å². The van der Waals surface area contributed by atoms with Gasteiger partial charge in [-0.15, -0.1) is 0 Å². The van der Waals surface area contributed by atoms with Crippen LogP contribution in [0.25, 0.3) is 10.9 Å². The number of benzene rings is 3. The van der Waals surface area contributed by atoms with E-state index in [1.807, 2.05) is 36.4 Å². The maximum atomic E-state index is 13.0. The molecule has 2 amide bonds. The number of nitrogens with zero attached hydrogens (tertiary/aromatic N) is 3. The number of aromatic amines is 1. The van der Waals surface area contributed by atoms with Gasteiger partial charge in [0, 0.05) is 49.2 Å². The molecule has 0 atom stereocenters. The predicted molar refractivity (Wildman–Crippen MR) is 133 cm³/mol. The molecule has 0 unspecified atom stereocenters. The second-order valence-electron chi connectivity index (χ2n) is 8.83. The lowest BCUT2D eigenvalue weighted by atomic mass is 10.1. The van der Waals surface area contributed by atoms with Gasteiger partial charge in [-0.3, -0.25) is 14.7 Å². The third-order valence-electron chi connectivity index (χ3n) is 6.44. The lowest BCUT2D eigenvalue weighted by molar-refractivity contribution is -0.137. The second kappa shape index (κ2) is 9.96. The van der Waals surface area contributed by atoms with Crippen LogP contribution in [0.4, 0.5) is 19.0 Å². The lowest BCUT2D eigenvalue weighted by Crippen LogP contribution is -2.50. The SMILES string of the molecule is O=C(c1ccc(CNc2n[nH]c3ccccc23)cc1)N1CCN(C(=O)c2ccc(C(F)(F)F)cc2)CC1. The summed E-state index contributed by atoms with van der Waals surface area (Å²) in [5, 5.41) is 11.6. The van der Waals surface area contributed by atoms with Crippen LogP contribution in [0.5, 0.6) is 0 Å². The zero-order valence-corrected chi connectivity index (χ0v) is 19.8. The maximum absolute atomic E-state index is 13.0. The molecule has 0 bridgehead atoms. The molecule has 2 heterocycles. The van der Waals surface area contributed by atoms with E-state index in [0.29, 0.717) is 38.3 Å². The summed E-state index contributed by atoms with van der Waals surface area (Å²) >= 11 is 0.